The second kappa shape index (κ2) is 10.4. The van der Waals surface area contributed by atoms with E-state index in [1.807, 2.05) is 0 Å². The van der Waals surface area contributed by atoms with Crippen LogP contribution in [-0.4, -0.2) is 36.4 Å². The first-order valence-corrected chi connectivity index (χ1v) is 10.6. The Morgan fingerprint density at radius 2 is 1.75 bits per heavy atom. The van der Waals surface area contributed by atoms with Crippen molar-refractivity contribution >= 4 is 40.9 Å². The van der Waals surface area contributed by atoms with E-state index in [9.17, 15) is 24.5 Å². The van der Waals surface area contributed by atoms with Crippen LogP contribution in [0.2, 0.25) is 0 Å². The summed E-state index contributed by atoms with van der Waals surface area (Å²) in [6.07, 6.45) is 1.22. The number of hydrazine groups is 1. The Labute approximate surface area is 205 Å². The second-order valence-corrected chi connectivity index (χ2v) is 7.51. The number of nitrogens with one attached hydrogen (secondary N) is 2. The summed E-state index contributed by atoms with van der Waals surface area (Å²) < 4.78 is 10.7. The van der Waals surface area contributed by atoms with Gasteiger partial charge in [0.1, 0.15) is 5.57 Å². The number of para-hydroxylation sites is 2. The fourth-order valence-corrected chi connectivity index (χ4v) is 3.46. The van der Waals surface area contributed by atoms with Crippen LogP contribution in [0.4, 0.5) is 17.1 Å². The molecule has 1 heterocycles. The lowest BCUT2D eigenvalue weighted by Gasteiger charge is -2.14. The molecule has 1 fully saturated rings. The normalized spacial score (nSPS) is 13.9. The number of carbonyl (C=O) groups is 3. The Bertz CT molecular complexity index is 1360. The highest BCUT2D eigenvalue weighted by atomic mass is 16.6. The fourth-order valence-electron chi connectivity index (χ4n) is 3.46. The maximum absolute atomic E-state index is 12.8. The summed E-state index contributed by atoms with van der Waals surface area (Å²) in [5, 5.41) is 15.5. The molecule has 182 valence electrons. The van der Waals surface area contributed by atoms with E-state index in [0.29, 0.717) is 11.4 Å². The van der Waals surface area contributed by atoms with Gasteiger partial charge < -0.3 is 14.8 Å². The summed E-state index contributed by atoms with van der Waals surface area (Å²) in [6, 6.07) is 19.6. The van der Waals surface area contributed by atoms with Crippen LogP contribution in [0.3, 0.4) is 0 Å². The average molecular weight is 488 g/mol. The predicted octanol–water partition coefficient (Wildman–Crippen LogP) is 3.08. The van der Waals surface area contributed by atoms with Gasteiger partial charge in [0.05, 0.1) is 17.7 Å². The molecule has 0 saturated carbocycles. The molecule has 0 aromatic heterocycles. The number of anilines is 2. The van der Waals surface area contributed by atoms with Crippen LogP contribution in [0.25, 0.3) is 6.08 Å². The summed E-state index contributed by atoms with van der Waals surface area (Å²) in [6.45, 7) is -0.514. The average Bonchev–Trinajstić information content (AvgIpc) is 3.16. The van der Waals surface area contributed by atoms with Crippen molar-refractivity contribution in [1.82, 2.24) is 5.43 Å². The number of rotatable bonds is 8. The Balaban J connectivity index is 1.59. The quantitative estimate of drug-likeness (QED) is 0.215. The van der Waals surface area contributed by atoms with Gasteiger partial charge in [0.2, 0.25) is 5.75 Å². The van der Waals surface area contributed by atoms with Gasteiger partial charge in [0.15, 0.2) is 12.4 Å². The van der Waals surface area contributed by atoms with E-state index in [2.05, 4.69) is 10.7 Å². The van der Waals surface area contributed by atoms with Gasteiger partial charge in [-0.2, -0.15) is 0 Å². The number of methoxy groups -OCH3 is 1. The first-order chi connectivity index (χ1) is 17.4. The summed E-state index contributed by atoms with van der Waals surface area (Å²) in [5.41, 5.74) is 2.90. The minimum atomic E-state index is -0.707. The van der Waals surface area contributed by atoms with Gasteiger partial charge >= 0.3 is 5.69 Å². The molecule has 11 nitrogen and oxygen atoms in total. The molecule has 4 rings (SSSR count). The van der Waals surface area contributed by atoms with Crippen molar-refractivity contribution in [3.8, 4) is 11.5 Å². The largest absolute Gasteiger partial charge is 0.493 e. The molecule has 3 aromatic rings. The molecule has 1 aliphatic heterocycles. The molecule has 0 radical (unpaired) electrons. The number of nitro groups is 1. The van der Waals surface area contributed by atoms with Crippen molar-refractivity contribution in [3.63, 3.8) is 0 Å². The lowest BCUT2D eigenvalue weighted by atomic mass is 10.1. The van der Waals surface area contributed by atoms with Crippen molar-refractivity contribution in [2.75, 3.05) is 24.0 Å². The fraction of sp³-hybridized carbons (Fsp3) is 0.0800. The maximum atomic E-state index is 12.8. The molecular weight excluding hydrogens is 468 g/mol. The molecule has 0 spiro atoms. The summed E-state index contributed by atoms with van der Waals surface area (Å²) in [7, 11) is 1.28. The van der Waals surface area contributed by atoms with Crippen LogP contribution in [-0.2, 0) is 14.4 Å². The number of hydrogen-bond acceptors (Lipinski definition) is 7. The lowest BCUT2D eigenvalue weighted by molar-refractivity contribution is -0.385. The number of hydrogen-bond donors (Lipinski definition) is 2. The van der Waals surface area contributed by atoms with Gasteiger partial charge in [-0.3, -0.25) is 29.9 Å². The van der Waals surface area contributed by atoms with Crippen molar-refractivity contribution in [2.45, 2.75) is 0 Å². The SMILES string of the molecule is COc1cc(/C=C2/C(=O)NN(c3ccccc3)C2=O)cc([N+](=O)[O-])c1OCC(=O)Nc1ccccc1. The minimum absolute atomic E-state index is 0.0469. The third kappa shape index (κ3) is 5.14. The number of benzene rings is 3. The van der Waals surface area contributed by atoms with Crippen LogP contribution >= 0.6 is 0 Å². The van der Waals surface area contributed by atoms with Gasteiger partial charge in [-0.15, -0.1) is 0 Å². The molecule has 11 heteroatoms. The number of ether oxygens (including phenoxy) is 2. The number of nitrogens with zero attached hydrogens (tertiary/aromatic N) is 2. The highest BCUT2D eigenvalue weighted by molar-refractivity contribution is 6.31. The van der Waals surface area contributed by atoms with E-state index < -0.39 is 34.9 Å². The molecular formula is C25H20N4O7. The smallest absolute Gasteiger partial charge is 0.315 e. The van der Waals surface area contributed by atoms with Crippen molar-refractivity contribution < 1.29 is 28.8 Å². The van der Waals surface area contributed by atoms with E-state index in [4.69, 9.17) is 9.47 Å². The van der Waals surface area contributed by atoms with Gasteiger partial charge in [-0.25, -0.2) is 5.01 Å². The number of nitro benzene ring substituents is 1. The summed E-state index contributed by atoms with van der Waals surface area (Å²) >= 11 is 0. The minimum Gasteiger partial charge on any atom is -0.493 e. The van der Waals surface area contributed by atoms with E-state index >= 15 is 0 Å². The number of carbonyl (C=O) groups excluding carboxylic acids is 3. The molecule has 0 unspecified atom stereocenters. The van der Waals surface area contributed by atoms with Crippen LogP contribution in [0.5, 0.6) is 11.5 Å². The highest BCUT2D eigenvalue weighted by Gasteiger charge is 2.34. The third-order valence-electron chi connectivity index (χ3n) is 5.10. The van der Waals surface area contributed by atoms with Crippen molar-refractivity contribution in [2.24, 2.45) is 0 Å². The monoisotopic (exact) mass is 488 g/mol. The standard InChI is InChI=1S/C25H20N4O7/c1-35-21-14-16(12-19-24(31)27-28(25(19)32)18-10-6-3-7-11-18)13-20(29(33)34)23(21)36-15-22(30)26-17-8-4-2-5-9-17/h2-14H,15H2,1H3,(H,26,30)(H,27,31)/b19-12-. The maximum Gasteiger partial charge on any atom is 0.315 e. The van der Waals surface area contributed by atoms with Gasteiger partial charge in [0, 0.05) is 11.8 Å². The van der Waals surface area contributed by atoms with E-state index in [1.54, 1.807) is 60.7 Å². The first-order valence-electron chi connectivity index (χ1n) is 10.6. The van der Waals surface area contributed by atoms with E-state index in [1.165, 1.54) is 19.3 Å². The first kappa shape index (κ1) is 24.0. The zero-order chi connectivity index (χ0) is 25.7. The molecule has 3 amide bonds. The van der Waals surface area contributed by atoms with Gasteiger partial charge in [-0.1, -0.05) is 36.4 Å². The molecule has 3 aromatic carbocycles. The van der Waals surface area contributed by atoms with Crippen LogP contribution < -0.4 is 25.2 Å². The lowest BCUT2D eigenvalue weighted by Crippen LogP contribution is -2.35. The zero-order valence-electron chi connectivity index (χ0n) is 19.0. The second-order valence-electron chi connectivity index (χ2n) is 7.51. The van der Waals surface area contributed by atoms with Crippen LogP contribution in [0.1, 0.15) is 5.56 Å². The highest BCUT2D eigenvalue weighted by Crippen LogP contribution is 2.39. The third-order valence-corrected chi connectivity index (χ3v) is 5.10. The molecule has 0 aliphatic carbocycles. The topological polar surface area (TPSA) is 140 Å². The molecule has 2 N–H and O–H groups in total. The molecule has 36 heavy (non-hydrogen) atoms. The van der Waals surface area contributed by atoms with Crippen molar-refractivity contribution in [1.29, 1.82) is 0 Å². The number of amides is 3. The summed E-state index contributed by atoms with van der Waals surface area (Å²) in [4.78, 5) is 48.6. The summed E-state index contributed by atoms with van der Waals surface area (Å²) in [5.74, 6) is -2.12. The Morgan fingerprint density at radius 1 is 1.08 bits per heavy atom. The van der Waals surface area contributed by atoms with E-state index in [-0.39, 0.29) is 22.6 Å². The van der Waals surface area contributed by atoms with Crippen LogP contribution in [0, 0.1) is 10.1 Å². The van der Waals surface area contributed by atoms with Gasteiger partial charge in [0.25, 0.3) is 17.7 Å². The van der Waals surface area contributed by atoms with Crippen LogP contribution in [0.15, 0.2) is 78.4 Å². The van der Waals surface area contributed by atoms with E-state index in [0.717, 1.165) is 11.1 Å². The predicted molar refractivity (Wildman–Crippen MR) is 130 cm³/mol. The Morgan fingerprint density at radius 3 is 2.39 bits per heavy atom. The zero-order valence-corrected chi connectivity index (χ0v) is 19.0. The molecule has 0 bridgehead atoms. The van der Waals surface area contributed by atoms with Crippen molar-refractivity contribution in [3.05, 3.63) is 94.0 Å². The Hall–Kier alpha value is -5.19. The Kier molecular flexibility index (Phi) is 6.91. The molecule has 0 atom stereocenters. The van der Waals surface area contributed by atoms with Gasteiger partial charge in [-0.05, 0) is 42.0 Å². The molecule has 1 aliphatic rings. The molecule has 1 saturated heterocycles.